The highest BCUT2D eigenvalue weighted by Gasteiger charge is 2.06. The summed E-state index contributed by atoms with van der Waals surface area (Å²) in [5.74, 6) is -0.455. The number of carbonyl (C=O) groups excluding carboxylic acids is 3. The van der Waals surface area contributed by atoms with Gasteiger partial charge in [-0.15, -0.1) is 0 Å². The molecule has 0 aliphatic rings. The van der Waals surface area contributed by atoms with Gasteiger partial charge in [0.25, 0.3) is 0 Å². The maximum absolute atomic E-state index is 11.9. The molecule has 2 aromatic rings. The summed E-state index contributed by atoms with van der Waals surface area (Å²) in [5, 5.41) is 10.6. The fraction of sp³-hybridized carbons (Fsp3) is 0.211. The quantitative estimate of drug-likeness (QED) is 0.614. The average Bonchev–Trinajstić information content (AvgIpc) is 2.63. The molecule has 0 bridgehead atoms. The first-order valence-corrected chi connectivity index (χ1v) is 8.36. The van der Waals surface area contributed by atoms with Crippen molar-refractivity contribution in [2.45, 2.75) is 19.8 Å². The van der Waals surface area contributed by atoms with Crippen molar-refractivity contribution >= 4 is 34.9 Å². The van der Waals surface area contributed by atoms with Gasteiger partial charge < -0.3 is 21.3 Å². The van der Waals surface area contributed by atoms with E-state index in [2.05, 4.69) is 21.3 Å². The molecule has 0 atom stereocenters. The Hall–Kier alpha value is -3.35. The average molecular weight is 354 g/mol. The van der Waals surface area contributed by atoms with E-state index >= 15 is 0 Å². The molecule has 4 N–H and O–H groups in total. The molecule has 0 aliphatic heterocycles. The van der Waals surface area contributed by atoms with E-state index in [1.807, 2.05) is 25.1 Å². The first-order valence-electron chi connectivity index (χ1n) is 8.36. The Bertz CT molecular complexity index is 745. The Balaban J connectivity index is 1.79. The third-order valence-electron chi connectivity index (χ3n) is 3.38. The van der Waals surface area contributed by atoms with Gasteiger partial charge in [-0.2, -0.15) is 0 Å². The van der Waals surface area contributed by atoms with E-state index in [1.54, 1.807) is 36.4 Å². The van der Waals surface area contributed by atoms with Crippen LogP contribution in [0, 0.1) is 0 Å². The predicted octanol–water partition coefficient (Wildman–Crippen LogP) is 3.19. The van der Waals surface area contributed by atoms with Gasteiger partial charge in [0.05, 0.1) is 6.54 Å². The smallest absolute Gasteiger partial charge is 0.323 e. The van der Waals surface area contributed by atoms with E-state index in [1.165, 1.54) is 0 Å². The molecule has 0 aliphatic carbocycles. The number of benzene rings is 2. The minimum atomic E-state index is -0.355. The van der Waals surface area contributed by atoms with E-state index in [0.717, 1.165) is 6.42 Å². The number of anilines is 3. The molecule has 2 aromatic carbocycles. The van der Waals surface area contributed by atoms with Crippen molar-refractivity contribution in [1.82, 2.24) is 5.32 Å². The summed E-state index contributed by atoms with van der Waals surface area (Å²) in [6.45, 7) is 1.83. The molecule has 0 aromatic heterocycles. The van der Waals surface area contributed by atoms with Crippen LogP contribution < -0.4 is 21.3 Å². The zero-order chi connectivity index (χ0) is 18.8. The van der Waals surface area contributed by atoms with Crippen LogP contribution in [0.4, 0.5) is 21.9 Å². The van der Waals surface area contributed by atoms with Crippen LogP contribution in [0.3, 0.4) is 0 Å². The van der Waals surface area contributed by atoms with E-state index in [4.69, 9.17) is 0 Å². The zero-order valence-corrected chi connectivity index (χ0v) is 14.5. The van der Waals surface area contributed by atoms with Crippen molar-refractivity contribution in [2.24, 2.45) is 0 Å². The van der Waals surface area contributed by atoms with E-state index < -0.39 is 0 Å². The number of amides is 4. The van der Waals surface area contributed by atoms with E-state index in [9.17, 15) is 14.4 Å². The maximum Gasteiger partial charge on any atom is 0.323 e. The molecule has 0 radical (unpaired) electrons. The number of carbonyl (C=O) groups is 3. The predicted molar refractivity (Wildman–Crippen MR) is 102 cm³/mol. The lowest BCUT2D eigenvalue weighted by Crippen LogP contribution is -2.32. The van der Waals surface area contributed by atoms with Crippen molar-refractivity contribution < 1.29 is 14.4 Å². The van der Waals surface area contributed by atoms with Crippen LogP contribution in [-0.2, 0) is 9.59 Å². The molecular formula is C19H22N4O3. The van der Waals surface area contributed by atoms with Crippen molar-refractivity contribution in [3.8, 4) is 0 Å². The topological polar surface area (TPSA) is 99.3 Å². The second-order valence-electron chi connectivity index (χ2n) is 5.60. The normalized spacial score (nSPS) is 9.88. The lowest BCUT2D eigenvalue weighted by Gasteiger charge is -2.09. The Morgan fingerprint density at radius 3 is 1.85 bits per heavy atom. The van der Waals surface area contributed by atoms with Gasteiger partial charge in [0.15, 0.2) is 0 Å². The van der Waals surface area contributed by atoms with Crippen molar-refractivity contribution in [3.05, 3.63) is 54.6 Å². The zero-order valence-electron chi connectivity index (χ0n) is 14.5. The summed E-state index contributed by atoms with van der Waals surface area (Å²) in [6.07, 6.45) is 1.14. The van der Waals surface area contributed by atoms with Gasteiger partial charge in [0, 0.05) is 23.5 Å². The summed E-state index contributed by atoms with van der Waals surface area (Å²) in [6, 6.07) is 15.4. The number of hydrogen-bond donors (Lipinski definition) is 4. The summed E-state index contributed by atoms with van der Waals surface area (Å²) in [5.41, 5.74) is 1.86. The minimum absolute atomic E-state index is 0.0711. The standard InChI is InChI=1S/C19H22N4O3/c1-2-6-17(24)20-13-18(25)21-15-9-11-16(12-10-15)23-19(26)22-14-7-4-3-5-8-14/h3-5,7-12H,2,6,13H2,1H3,(H,20,24)(H,21,25)(H2,22,23,26). The lowest BCUT2D eigenvalue weighted by atomic mass is 10.2. The van der Waals surface area contributed by atoms with Crippen molar-refractivity contribution in [2.75, 3.05) is 22.5 Å². The molecule has 26 heavy (non-hydrogen) atoms. The summed E-state index contributed by atoms with van der Waals surface area (Å²) >= 11 is 0. The second kappa shape index (κ2) is 9.83. The molecular weight excluding hydrogens is 332 g/mol. The van der Waals surface area contributed by atoms with Crippen LogP contribution in [-0.4, -0.2) is 24.4 Å². The number of para-hydroxylation sites is 1. The maximum atomic E-state index is 11.9. The third kappa shape index (κ3) is 6.64. The van der Waals surface area contributed by atoms with Crippen LogP contribution >= 0.6 is 0 Å². The Kier molecular flexibility index (Phi) is 7.17. The minimum Gasteiger partial charge on any atom is -0.347 e. The second-order valence-corrected chi connectivity index (χ2v) is 5.60. The molecule has 4 amide bonds. The highest BCUT2D eigenvalue weighted by Crippen LogP contribution is 2.14. The fourth-order valence-corrected chi connectivity index (χ4v) is 2.15. The molecule has 136 valence electrons. The Labute approximate surface area is 152 Å². The van der Waals surface area contributed by atoms with Crippen molar-refractivity contribution in [1.29, 1.82) is 0 Å². The molecule has 0 saturated carbocycles. The molecule has 0 fully saturated rings. The van der Waals surface area contributed by atoms with Gasteiger partial charge in [0.1, 0.15) is 0 Å². The summed E-state index contributed by atoms with van der Waals surface area (Å²) < 4.78 is 0. The number of urea groups is 1. The monoisotopic (exact) mass is 354 g/mol. The molecule has 7 heteroatoms. The van der Waals surface area contributed by atoms with Gasteiger partial charge in [-0.3, -0.25) is 9.59 Å². The summed E-state index contributed by atoms with van der Waals surface area (Å²) in [4.78, 5) is 35.0. The largest absolute Gasteiger partial charge is 0.347 e. The van der Waals surface area contributed by atoms with Crippen LogP contribution in [0.2, 0.25) is 0 Å². The Morgan fingerprint density at radius 1 is 0.731 bits per heavy atom. The molecule has 0 heterocycles. The van der Waals surface area contributed by atoms with Crippen LogP contribution in [0.25, 0.3) is 0 Å². The van der Waals surface area contributed by atoms with Gasteiger partial charge in [-0.05, 0) is 42.8 Å². The van der Waals surface area contributed by atoms with Crippen LogP contribution in [0.5, 0.6) is 0 Å². The van der Waals surface area contributed by atoms with Crippen molar-refractivity contribution in [3.63, 3.8) is 0 Å². The summed E-state index contributed by atoms with van der Waals surface area (Å²) in [7, 11) is 0. The fourth-order valence-electron chi connectivity index (χ4n) is 2.15. The Morgan fingerprint density at radius 2 is 1.27 bits per heavy atom. The first-order chi connectivity index (χ1) is 12.6. The first kappa shape index (κ1) is 19.0. The number of hydrogen-bond acceptors (Lipinski definition) is 3. The number of rotatable bonds is 7. The highest BCUT2D eigenvalue weighted by atomic mass is 16.2. The molecule has 0 saturated heterocycles. The van der Waals surface area contributed by atoms with Crippen LogP contribution in [0.15, 0.2) is 54.6 Å². The highest BCUT2D eigenvalue weighted by molar-refractivity contribution is 6.00. The van der Waals surface area contributed by atoms with E-state index in [-0.39, 0.29) is 24.4 Å². The van der Waals surface area contributed by atoms with Crippen LogP contribution in [0.1, 0.15) is 19.8 Å². The lowest BCUT2D eigenvalue weighted by molar-refractivity contribution is -0.124. The van der Waals surface area contributed by atoms with Gasteiger partial charge in [0.2, 0.25) is 11.8 Å². The van der Waals surface area contributed by atoms with Gasteiger partial charge >= 0.3 is 6.03 Å². The SMILES string of the molecule is CCCC(=O)NCC(=O)Nc1ccc(NC(=O)Nc2ccccc2)cc1. The van der Waals surface area contributed by atoms with Gasteiger partial charge in [-0.1, -0.05) is 25.1 Å². The molecule has 0 spiro atoms. The molecule has 2 rings (SSSR count). The van der Waals surface area contributed by atoms with Gasteiger partial charge in [-0.25, -0.2) is 4.79 Å². The molecule has 0 unspecified atom stereocenters. The molecule has 7 nitrogen and oxygen atoms in total. The number of nitrogens with one attached hydrogen (secondary N) is 4. The third-order valence-corrected chi connectivity index (χ3v) is 3.38. The van der Waals surface area contributed by atoms with E-state index in [0.29, 0.717) is 23.5 Å².